The van der Waals surface area contributed by atoms with Crippen LogP contribution in [0.4, 0.5) is 0 Å². The molecular weight excluding hydrogens is 318 g/mol. The summed E-state index contributed by atoms with van der Waals surface area (Å²) in [6.07, 6.45) is -1.24. The van der Waals surface area contributed by atoms with E-state index < -0.39 is 18.2 Å². The van der Waals surface area contributed by atoms with Gasteiger partial charge in [-0.1, -0.05) is 13.2 Å². The van der Waals surface area contributed by atoms with Gasteiger partial charge in [0.2, 0.25) is 0 Å². The maximum atomic E-state index is 10.9. The van der Waals surface area contributed by atoms with Crippen LogP contribution in [0.15, 0.2) is 24.3 Å². The van der Waals surface area contributed by atoms with E-state index >= 15 is 0 Å². The number of nitrogens with zero attached hydrogens (tertiary/aromatic N) is 1. The molecule has 0 amide bonds. The molecule has 0 saturated carbocycles. The zero-order valence-electron chi connectivity index (χ0n) is 15.5. The van der Waals surface area contributed by atoms with E-state index in [0.29, 0.717) is 5.57 Å². The summed E-state index contributed by atoms with van der Waals surface area (Å²) < 4.78 is 9.29. The zero-order chi connectivity index (χ0) is 20.0. The molecule has 0 heterocycles. The summed E-state index contributed by atoms with van der Waals surface area (Å²) in [5, 5.41) is 15.9. The van der Waals surface area contributed by atoms with Gasteiger partial charge in [0.1, 0.15) is 0 Å². The van der Waals surface area contributed by atoms with Crippen LogP contribution in [0.5, 0.6) is 0 Å². The monoisotopic (exact) mass is 347 g/mol. The second kappa shape index (κ2) is 14.4. The third kappa shape index (κ3) is 22.1. The number of hydrogen-bond donors (Lipinski definition) is 2. The molecule has 2 N–H and O–H groups in total. The van der Waals surface area contributed by atoms with Crippen LogP contribution < -0.4 is 0 Å². The van der Waals surface area contributed by atoms with E-state index in [0.717, 1.165) is 6.92 Å². The Kier molecular flexibility index (Phi) is 16.0. The van der Waals surface area contributed by atoms with Crippen molar-refractivity contribution in [3.05, 3.63) is 24.3 Å². The first-order valence-electron chi connectivity index (χ1n) is 6.99. The molecule has 0 aromatic carbocycles. The van der Waals surface area contributed by atoms with Gasteiger partial charge < -0.3 is 19.7 Å². The Morgan fingerprint density at radius 1 is 0.917 bits per heavy atom. The Bertz CT molecular complexity index is 438. The van der Waals surface area contributed by atoms with Crippen molar-refractivity contribution in [3.63, 3.8) is 0 Å². The molecule has 0 bridgehead atoms. The molecule has 0 aromatic rings. The average Bonchev–Trinajstić information content (AvgIpc) is 2.37. The predicted octanol–water partition coefficient (Wildman–Crippen LogP) is 1.55. The lowest BCUT2D eigenvalue weighted by Gasteiger charge is -2.19. The number of aliphatic hydroxyl groups is 1. The van der Waals surface area contributed by atoms with Gasteiger partial charge >= 0.3 is 11.9 Å². The number of esters is 2. The van der Waals surface area contributed by atoms with E-state index in [9.17, 15) is 9.59 Å². The summed E-state index contributed by atoms with van der Waals surface area (Å²) in [6, 6.07) is 0. The number of carbonyl (C=O) groups excluding carboxylic acids is 2. The minimum atomic E-state index is -1.05. The first-order chi connectivity index (χ1) is 10.7. The molecule has 24 heavy (non-hydrogen) atoms. The molecule has 0 radical (unpaired) electrons. The lowest BCUT2D eigenvalue weighted by Crippen LogP contribution is -2.30. The summed E-state index contributed by atoms with van der Waals surface area (Å²) in [6.45, 7) is 14.2. The average molecular weight is 347 g/mol. The van der Waals surface area contributed by atoms with Gasteiger partial charge in [-0.15, -0.1) is 0 Å². The fourth-order valence-corrected chi connectivity index (χ4v) is 0.616. The Labute approximate surface area is 143 Å². The zero-order valence-corrected chi connectivity index (χ0v) is 15.5. The van der Waals surface area contributed by atoms with Crippen molar-refractivity contribution in [2.45, 2.75) is 47.1 Å². The fourth-order valence-electron chi connectivity index (χ4n) is 0.616. The Morgan fingerprint density at radius 2 is 1.21 bits per heavy atom. The molecular formula is C16H29NO7. The molecule has 0 aliphatic rings. The van der Waals surface area contributed by atoms with Crippen molar-refractivity contribution in [3.8, 4) is 0 Å². The van der Waals surface area contributed by atoms with Gasteiger partial charge in [0, 0.05) is 18.1 Å². The molecule has 140 valence electrons. The fraction of sp³-hybridized carbons (Fsp3) is 0.562. The van der Waals surface area contributed by atoms with E-state index in [2.05, 4.69) is 17.9 Å². The Balaban J connectivity index is -0.000000305. The van der Waals surface area contributed by atoms with Gasteiger partial charge in [0.05, 0.1) is 0 Å². The van der Waals surface area contributed by atoms with Crippen molar-refractivity contribution >= 4 is 17.9 Å². The van der Waals surface area contributed by atoms with Crippen LogP contribution in [-0.2, 0) is 23.9 Å². The third-order valence-electron chi connectivity index (χ3n) is 1.98. The highest BCUT2D eigenvalue weighted by Crippen LogP contribution is 1.99. The molecule has 8 nitrogen and oxygen atoms in total. The second-order valence-electron chi connectivity index (χ2n) is 5.05. The molecule has 0 aliphatic carbocycles. The number of aliphatic hydroxyl groups excluding tert-OH is 1. The summed E-state index contributed by atoms with van der Waals surface area (Å²) in [5.74, 6) is -1.74. The number of carbonyl (C=O) groups is 3. The molecule has 0 rings (SSSR count). The highest BCUT2D eigenvalue weighted by molar-refractivity contribution is 5.87. The van der Waals surface area contributed by atoms with Crippen molar-refractivity contribution in [2.24, 2.45) is 0 Å². The van der Waals surface area contributed by atoms with Gasteiger partial charge in [-0.3, -0.25) is 9.69 Å². The number of rotatable bonds is 5. The second-order valence-corrected chi connectivity index (χ2v) is 5.05. The highest BCUT2D eigenvalue weighted by atomic mass is 16.6. The van der Waals surface area contributed by atoms with E-state index in [4.69, 9.17) is 19.7 Å². The molecule has 0 spiro atoms. The van der Waals surface area contributed by atoms with Crippen molar-refractivity contribution < 1.29 is 34.1 Å². The predicted molar refractivity (Wildman–Crippen MR) is 90.0 cm³/mol. The van der Waals surface area contributed by atoms with Crippen LogP contribution >= 0.6 is 0 Å². The summed E-state index contributed by atoms with van der Waals surface area (Å²) >= 11 is 0. The van der Waals surface area contributed by atoms with Gasteiger partial charge in [-0.25, -0.2) is 9.59 Å². The lowest BCUT2D eigenvalue weighted by atomic mass is 10.4. The topological polar surface area (TPSA) is 113 Å². The number of ether oxygens (including phenoxy) is 2. The third-order valence-corrected chi connectivity index (χ3v) is 1.98. The summed E-state index contributed by atoms with van der Waals surface area (Å²) in [7, 11) is 3.69. The molecule has 0 saturated heterocycles. The van der Waals surface area contributed by atoms with Crippen molar-refractivity contribution in [1.82, 2.24) is 4.90 Å². The largest absolute Gasteiger partial charge is 0.481 e. The minimum absolute atomic E-state index is 0.195. The molecule has 2 atom stereocenters. The quantitative estimate of drug-likeness (QED) is 0.437. The lowest BCUT2D eigenvalue weighted by molar-refractivity contribution is -0.159. The summed E-state index contributed by atoms with van der Waals surface area (Å²) in [5.41, 5.74) is 0.717. The maximum absolute atomic E-state index is 10.9. The van der Waals surface area contributed by atoms with Crippen LogP contribution in [0.2, 0.25) is 0 Å². The molecule has 8 heteroatoms. The van der Waals surface area contributed by atoms with E-state index in [1.165, 1.54) is 13.8 Å². The highest BCUT2D eigenvalue weighted by Gasteiger charge is 2.10. The van der Waals surface area contributed by atoms with Gasteiger partial charge in [0.25, 0.3) is 5.97 Å². The molecule has 0 fully saturated rings. The number of aliphatic carboxylic acids is 1. The van der Waals surface area contributed by atoms with Crippen LogP contribution in [-0.4, -0.2) is 59.6 Å². The van der Waals surface area contributed by atoms with Crippen LogP contribution in [0.3, 0.4) is 0 Å². The SMILES string of the molecule is C=C(C)C(=O)OC(C)N(C)C.C=C(C)C(=O)OC(C)O.CC(=O)O. The van der Waals surface area contributed by atoms with Gasteiger partial charge in [-0.05, 0) is 41.8 Å². The van der Waals surface area contributed by atoms with Crippen LogP contribution in [0.25, 0.3) is 0 Å². The van der Waals surface area contributed by atoms with E-state index in [1.54, 1.807) is 18.7 Å². The first kappa shape index (κ1) is 26.7. The number of hydrogen-bond acceptors (Lipinski definition) is 7. The van der Waals surface area contributed by atoms with E-state index in [1.807, 2.05) is 14.1 Å². The van der Waals surface area contributed by atoms with E-state index in [-0.39, 0.29) is 17.8 Å². The maximum Gasteiger partial charge on any atom is 0.335 e. The van der Waals surface area contributed by atoms with Gasteiger partial charge in [0.15, 0.2) is 12.5 Å². The van der Waals surface area contributed by atoms with Crippen molar-refractivity contribution in [2.75, 3.05) is 14.1 Å². The van der Waals surface area contributed by atoms with Gasteiger partial charge in [-0.2, -0.15) is 0 Å². The minimum Gasteiger partial charge on any atom is -0.481 e. The smallest absolute Gasteiger partial charge is 0.335 e. The Hall–Kier alpha value is -2.19. The first-order valence-corrected chi connectivity index (χ1v) is 6.99. The number of carboxylic acid groups (broad SMARTS) is 1. The van der Waals surface area contributed by atoms with Crippen LogP contribution in [0.1, 0.15) is 34.6 Å². The Morgan fingerprint density at radius 3 is 1.38 bits per heavy atom. The normalized spacial score (nSPS) is 11.5. The molecule has 0 aliphatic heterocycles. The van der Waals surface area contributed by atoms with Crippen molar-refractivity contribution in [1.29, 1.82) is 0 Å². The molecule has 2 unspecified atom stereocenters. The van der Waals surface area contributed by atoms with Crippen LogP contribution in [0, 0.1) is 0 Å². The summed E-state index contributed by atoms with van der Waals surface area (Å²) in [4.78, 5) is 32.2. The molecule has 0 aromatic heterocycles. The number of carboxylic acids is 1. The standard InChI is InChI=1S/C8H15NO2.C6H10O3.C2H4O2/c1-6(2)8(10)11-7(3)9(4)5;1-4(2)6(8)9-5(3)7;1-2(3)4/h7H,1H2,2-5H3;5,7H,1H2,2-3H3;1H3,(H,3,4).